The van der Waals surface area contributed by atoms with Gasteiger partial charge in [0.15, 0.2) is 15.7 Å². The van der Waals surface area contributed by atoms with Crippen molar-refractivity contribution in [1.29, 1.82) is 0 Å². The van der Waals surface area contributed by atoms with Gasteiger partial charge in [0.25, 0.3) is 5.91 Å². The van der Waals surface area contributed by atoms with Crippen LogP contribution in [0.5, 0.6) is 5.75 Å². The van der Waals surface area contributed by atoms with Gasteiger partial charge >= 0.3 is 5.97 Å². The van der Waals surface area contributed by atoms with E-state index in [0.717, 1.165) is 93.4 Å². The predicted octanol–water partition coefficient (Wildman–Crippen LogP) is 7.02. The SMILES string of the molecule is Cc1[nH]nc(Nc2ncnc3cc(OCCC4CCN(CCCCCCCCc5cccc6c5CN(C(CCC(=O)O)C(N)=O)C6=O)CC4)c(S(=O)(=O)C(C)(C)C)cc23)c1C. The first-order valence-electron chi connectivity index (χ1n) is 21.6. The maximum atomic E-state index is 13.9. The van der Waals surface area contributed by atoms with Crippen LogP contribution >= 0.6 is 0 Å². The number of aromatic nitrogens is 4. The van der Waals surface area contributed by atoms with Gasteiger partial charge in [-0.25, -0.2) is 18.4 Å². The number of benzene rings is 2. The third-order valence-corrected chi connectivity index (χ3v) is 14.9. The highest BCUT2D eigenvalue weighted by Gasteiger charge is 2.37. The summed E-state index contributed by atoms with van der Waals surface area (Å²) in [4.78, 5) is 49.3. The van der Waals surface area contributed by atoms with Crippen molar-refractivity contribution in [2.24, 2.45) is 11.7 Å². The molecular weight excluding hydrogens is 797 g/mol. The van der Waals surface area contributed by atoms with E-state index in [-0.39, 0.29) is 30.2 Å². The number of aryl methyl sites for hydroxylation is 2. The molecule has 5 N–H and O–H groups in total. The van der Waals surface area contributed by atoms with Crippen molar-refractivity contribution in [2.75, 3.05) is 31.6 Å². The van der Waals surface area contributed by atoms with Crippen molar-refractivity contribution < 1.29 is 32.6 Å². The molecule has 6 rings (SSSR count). The van der Waals surface area contributed by atoms with Gasteiger partial charge in [0.05, 0.1) is 16.9 Å². The molecule has 2 amide bonds. The van der Waals surface area contributed by atoms with Crippen molar-refractivity contribution in [3.63, 3.8) is 0 Å². The van der Waals surface area contributed by atoms with E-state index in [2.05, 4.69) is 30.4 Å². The average molecular weight is 859 g/mol. The second-order valence-corrected chi connectivity index (χ2v) is 20.3. The molecule has 330 valence electrons. The van der Waals surface area contributed by atoms with Gasteiger partial charge in [-0.2, -0.15) is 5.10 Å². The maximum Gasteiger partial charge on any atom is 0.303 e. The molecule has 4 aromatic rings. The van der Waals surface area contributed by atoms with Gasteiger partial charge in [0.1, 0.15) is 28.8 Å². The molecule has 0 bridgehead atoms. The lowest BCUT2D eigenvalue weighted by atomic mass is 9.94. The number of H-pyrrole nitrogens is 1. The van der Waals surface area contributed by atoms with Gasteiger partial charge in [0.2, 0.25) is 5.91 Å². The monoisotopic (exact) mass is 858 g/mol. The number of piperidine rings is 1. The van der Waals surface area contributed by atoms with Crippen molar-refractivity contribution in [1.82, 2.24) is 30.0 Å². The Morgan fingerprint density at radius 2 is 1.75 bits per heavy atom. The van der Waals surface area contributed by atoms with E-state index in [9.17, 15) is 22.8 Å². The van der Waals surface area contributed by atoms with E-state index in [1.807, 2.05) is 26.0 Å². The number of rotatable bonds is 21. The van der Waals surface area contributed by atoms with Crippen molar-refractivity contribution >= 4 is 50.2 Å². The molecule has 1 unspecified atom stereocenters. The number of nitrogens with one attached hydrogen (secondary N) is 2. The number of carboxylic acids is 1. The summed E-state index contributed by atoms with van der Waals surface area (Å²) >= 11 is 0. The number of carbonyl (C=O) groups excluding carboxylic acids is 2. The molecule has 15 nitrogen and oxygen atoms in total. The number of hydrogen-bond acceptors (Lipinski definition) is 11. The minimum Gasteiger partial charge on any atom is -0.492 e. The summed E-state index contributed by atoms with van der Waals surface area (Å²) in [5.74, 6) is -0.0649. The van der Waals surface area contributed by atoms with Crippen molar-refractivity contribution in [3.05, 3.63) is 64.6 Å². The summed E-state index contributed by atoms with van der Waals surface area (Å²) in [6.45, 7) is 12.8. The standard InChI is InChI=1S/C45H62N8O7S/c1-29-30(2)50-51-42(29)49-43-34-25-39(61(58,59)45(3,4)5)38(26-36(34)47-28-48-43)60-24-20-31-18-22-52(23-19-31)21-11-9-7-6-8-10-13-32-14-12-15-33-35(32)27-53(44(33)57)37(41(46)56)16-17-40(54)55/h12,14-15,25-26,28,31,37H,6-11,13,16-24,27H2,1-5H3,(H2,46,56)(H,54,55)(H2,47,48,49,50,51). The number of primary amides is 1. The summed E-state index contributed by atoms with van der Waals surface area (Å²) in [5.41, 5.74) is 10.6. The molecule has 16 heteroatoms. The molecule has 0 radical (unpaired) electrons. The Hall–Kier alpha value is -5.09. The number of fused-ring (bicyclic) bond motifs is 2. The smallest absolute Gasteiger partial charge is 0.303 e. The van der Waals surface area contributed by atoms with Gasteiger partial charge in [-0.05, 0) is 128 Å². The zero-order valence-corrected chi connectivity index (χ0v) is 37.1. The summed E-state index contributed by atoms with van der Waals surface area (Å²) in [6, 6.07) is 8.10. The third-order valence-electron chi connectivity index (χ3n) is 12.4. The number of aliphatic carboxylic acids is 1. The summed E-state index contributed by atoms with van der Waals surface area (Å²) in [7, 11) is -3.77. The number of likely N-dealkylation sites (tertiary alicyclic amines) is 1. The number of hydrogen-bond donors (Lipinski definition) is 4. The Morgan fingerprint density at radius 1 is 1.03 bits per heavy atom. The topological polar surface area (TPSA) is 214 Å². The molecule has 1 atom stereocenters. The van der Waals surface area contributed by atoms with Gasteiger partial charge in [-0.1, -0.05) is 37.8 Å². The molecule has 2 aliphatic heterocycles. The molecular formula is C45H62N8O7S. The van der Waals surface area contributed by atoms with Crippen LogP contribution in [0.25, 0.3) is 10.9 Å². The Kier molecular flexibility index (Phi) is 14.7. The number of amides is 2. The third kappa shape index (κ3) is 10.9. The maximum absolute atomic E-state index is 13.9. The molecule has 1 fully saturated rings. The van der Waals surface area contributed by atoms with E-state index in [0.29, 0.717) is 46.4 Å². The van der Waals surface area contributed by atoms with Crippen LogP contribution in [-0.2, 0) is 32.4 Å². The molecule has 2 aliphatic rings. The predicted molar refractivity (Wildman–Crippen MR) is 235 cm³/mol. The first-order chi connectivity index (χ1) is 29.0. The molecule has 0 saturated carbocycles. The first kappa shape index (κ1) is 45.4. The van der Waals surface area contributed by atoms with Crippen LogP contribution in [0.4, 0.5) is 11.6 Å². The minimum atomic E-state index is -3.77. The molecule has 2 aromatic heterocycles. The van der Waals surface area contributed by atoms with E-state index in [1.165, 1.54) is 24.1 Å². The normalized spacial score (nSPS) is 15.6. The van der Waals surface area contributed by atoms with Crippen molar-refractivity contribution in [3.8, 4) is 5.75 Å². The highest BCUT2D eigenvalue weighted by atomic mass is 32.2. The van der Waals surface area contributed by atoms with E-state index in [1.54, 1.807) is 39.0 Å². The second-order valence-electron chi connectivity index (χ2n) is 17.6. The number of nitrogens with zero attached hydrogens (tertiary/aromatic N) is 5. The number of aromatic amines is 1. The average Bonchev–Trinajstić information content (AvgIpc) is 3.72. The molecule has 0 aliphatic carbocycles. The minimum absolute atomic E-state index is 0.00234. The highest BCUT2D eigenvalue weighted by Crippen LogP contribution is 2.38. The largest absolute Gasteiger partial charge is 0.492 e. The number of nitrogens with two attached hydrogens (primary N) is 1. The Balaban J connectivity index is 0.912. The fourth-order valence-corrected chi connectivity index (χ4v) is 9.66. The molecule has 0 spiro atoms. The molecule has 4 heterocycles. The molecule has 61 heavy (non-hydrogen) atoms. The van der Waals surface area contributed by atoms with E-state index >= 15 is 0 Å². The number of carboxylic acid groups (broad SMARTS) is 1. The number of unbranched alkanes of at least 4 members (excludes halogenated alkanes) is 5. The summed E-state index contributed by atoms with van der Waals surface area (Å²) in [6.07, 6.45) is 11.8. The van der Waals surface area contributed by atoms with Crippen LogP contribution in [0.3, 0.4) is 0 Å². The highest BCUT2D eigenvalue weighted by molar-refractivity contribution is 7.92. The zero-order valence-electron chi connectivity index (χ0n) is 36.3. The van der Waals surface area contributed by atoms with Crippen LogP contribution in [0.15, 0.2) is 41.6 Å². The van der Waals surface area contributed by atoms with E-state index < -0.39 is 32.5 Å². The van der Waals surface area contributed by atoms with Gasteiger partial charge in [-0.15, -0.1) is 0 Å². The quantitative estimate of drug-likeness (QED) is 0.0622. The number of sulfone groups is 1. The van der Waals surface area contributed by atoms with Crippen LogP contribution in [0.2, 0.25) is 0 Å². The Morgan fingerprint density at radius 3 is 2.43 bits per heavy atom. The van der Waals surface area contributed by atoms with Gasteiger partial charge in [-0.3, -0.25) is 19.5 Å². The van der Waals surface area contributed by atoms with Crippen LogP contribution in [-0.4, -0.2) is 98.3 Å². The fraction of sp³-hybridized carbons (Fsp3) is 0.556. The Labute approximate surface area is 359 Å². The van der Waals surface area contributed by atoms with Crippen LogP contribution in [0.1, 0.15) is 124 Å². The van der Waals surface area contributed by atoms with Crippen LogP contribution in [0, 0.1) is 19.8 Å². The molecule has 2 aromatic carbocycles. The summed E-state index contributed by atoms with van der Waals surface area (Å²) < 4.78 is 33.0. The van der Waals surface area contributed by atoms with E-state index in [4.69, 9.17) is 15.6 Å². The van der Waals surface area contributed by atoms with Crippen LogP contribution < -0.4 is 15.8 Å². The first-order valence-corrected chi connectivity index (χ1v) is 23.1. The molecule has 1 saturated heterocycles. The van der Waals surface area contributed by atoms with Crippen molar-refractivity contribution in [2.45, 2.75) is 134 Å². The lowest BCUT2D eigenvalue weighted by Crippen LogP contribution is -2.45. The zero-order chi connectivity index (χ0) is 43.9. The lowest BCUT2D eigenvalue weighted by molar-refractivity contribution is -0.137. The fourth-order valence-electron chi connectivity index (χ4n) is 8.34. The number of anilines is 2. The van der Waals surface area contributed by atoms with Gasteiger partial charge in [0, 0.05) is 41.2 Å². The number of ether oxygens (including phenoxy) is 1. The summed E-state index contributed by atoms with van der Waals surface area (Å²) in [5, 5.41) is 20.2. The Bertz CT molecular complexity index is 2310. The second kappa shape index (κ2) is 19.7. The van der Waals surface area contributed by atoms with Gasteiger partial charge < -0.3 is 30.7 Å². The lowest BCUT2D eigenvalue weighted by Gasteiger charge is -2.32. The number of carbonyl (C=O) groups is 3.